The summed E-state index contributed by atoms with van der Waals surface area (Å²) in [7, 11) is 0. The Morgan fingerprint density at radius 3 is 2.62 bits per heavy atom. The van der Waals surface area contributed by atoms with Gasteiger partial charge in [-0.3, -0.25) is 4.68 Å². The Balaban J connectivity index is 1.54. The number of rotatable bonds is 4. The number of carbonyl (C=O) groups is 1. The molecule has 0 saturated heterocycles. The van der Waals surface area contributed by atoms with Crippen LogP contribution in [0.15, 0.2) is 77.7 Å². The first-order chi connectivity index (χ1) is 12.7. The minimum absolute atomic E-state index is 0.278. The van der Waals surface area contributed by atoms with Crippen LogP contribution < -0.4 is 0 Å². The second kappa shape index (κ2) is 6.80. The smallest absolute Gasteiger partial charge is 0.363 e. The van der Waals surface area contributed by atoms with E-state index in [4.69, 9.17) is 4.74 Å². The standard InChI is InChI=1S/C21H17N3O2/c1-15-7-9-18(10-8-15)20-23-19(21(25)26-20)11-17-12-22-24(14-17)13-16-5-3-2-4-6-16/h2-12,14H,13H2,1H3/b19-11-. The van der Waals surface area contributed by atoms with Crippen LogP contribution in [0.1, 0.15) is 22.3 Å². The molecule has 2 aromatic carbocycles. The molecule has 3 aromatic rings. The average Bonchev–Trinajstić information content (AvgIpc) is 3.24. The quantitative estimate of drug-likeness (QED) is 0.537. The van der Waals surface area contributed by atoms with Gasteiger partial charge in [-0.1, -0.05) is 48.0 Å². The SMILES string of the molecule is Cc1ccc(C2=N/C(=C\c3cnn(Cc4ccccc4)c3)C(=O)O2)cc1. The van der Waals surface area contributed by atoms with Crippen LogP contribution in [0.4, 0.5) is 0 Å². The maximum atomic E-state index is 12.1. The van der Waals surface area contributed by atoms with Crippen molar-refractivity contribution in [2.45, 2.75) is 13.5 Å². The first-order valence-electron chi connectivity index (χ1n) is 8.33. The molecular weight excluding hydrogens is 326 g/mol. The molecule has 1 aliphatic rings. The first-order valence-corrected chi connectivity index (χ1v) is 8.33. The number of nitrogens with zero attached hydrogens (tertiary/aromatic N) is 3. The van der Waals surface area contributed by atoms with Crippen LogP contribution in [0, 0.1) is 6.92 Å². The van der Waals surface area contributed by atoms with Crippen LogP contribution in [0.2, 0.25) is 0 Å². The van der Waals surface area contributed by atoms with Crippen LogP contribution in [0.5, 0.6) is 0 Å². The lowest BCUT2D eigenvalue weighted by molar-refractivity contribution is -0.129. The maximum Gasteiger partial charge on any atom is 0.363 e. The van der Waals surface area contributed by atoms with Crippen molar-refractivity contribution in [2.75, 3.05) is 0 Å². The highest BCUT2D eigenvalue weighted by Gasteiger charge is 2.24. The lowest BCUT2D eigenvalue weighted by Crippen LogP contribution is -2.05. The molecule has 5 heteroatoms. The van der Waals surface area contributed by atoms with Gasteiger partial charge in [0.15, 0.2) is 5.70 Å². The van der Waals surface area contributed by atoms with Crippen molar-refractivity contribution in [3.05, 3.63) is 94.9 Å². The normalized spacial score (nSPS) is 15.2. The monoisotopic (exact) mass is 343 g/mol. The van der Waals surface area contributed by atoms with E-state index in [-0.39, 0.29) is 5.70 Å². The van der Waals surface area contributed by atoms with Crippen LogP contribution in [-0.2, 0) is 16.1 Å². The zero-order valence-corrected chi connectivity index (χ0v) is 14.3. The molecule has 1 aliphatic heterocycles. The molecule has 0 N–H and O–H groups in total. The van der Waals surface area contributed by atoms with E-state index >= 15 is 0 Å². The first kappa shape index (κ1) is 16.0. The van der Waals surface area contributed by atoms with Gasteiger partial charge in [0, 0.05) is 17.3 Å². The zero-order chi connectivity index (χ0) is 17.9. The Bertz CT molecular complexity index is 999. The number of aliphatic imine (C=N–C) groups is 1. The van der Waals surface area contributed by atoms with Crippen LogP contribution in [0.25, 0.3) is 6.08 Å². The number of ether oxygens (including phenoxy) is 1. The van der Waals surface area contributed by atoms with Gasteiger partial charge in [0.05, 0.1) is 12.7 Å². The van der Waals surface area contributed by atoms with E-state index in [9.17, 15) is 4.79 Å². The van der Waals surface area contributed by atoms with Crippen LogP contribution >= 0.6 is 0 Å². The molecule has 0 fully saturated rings. The van der Waals surface area contributed by atoms with Gasteiger partial charge in [-0.05, 0) is 30.7 Å². The Morgan fingerprint density at radius 1 is 1.08 bits per heavy atom. The largest absolute Gasteiger partial charge is 0.402 e. The van der Waals surface area contributed by atoms with Crippen molar-refractivity contribution in [3.63, 3.8) is 0 Å². The van der Waals surface area contributed by atoms with Gasteiger partial charge < -0.3 is 4.74 Å². The summed E-state index contributed by atoms with van der Waals surface area (Å²) in [5.74, 6) is -0.116. The zero-order valence-electron chi connectivity index (χ0n) is 14.3. The third-order valence-electron chi connectivity index (χ3n) is 4.06. The molecule has 0 atom stereocenters. The molecule has 0 radical (unpaired) electrons. The fraction of sp³-hybridized carbons (Fsp3) is 0.0952. The van der Waals surface area contributed by atoms with E-state index in [2.05, 4.69) is 10.1 Å². The van der Waals surface area contributed by atoms with E-state index in [1.165, 1.54) is 0 Å². The molecule has 5 nitrogen and oxygen atoms in total. The number of hydrogen-bond acceptors (Lipinski definition) is 4. The minimum Gasteiger partial charge on any atom is -0.402 e. The molecule has 0 spiro atoms. The van der Waals surface area contributed by atoms with Gasteiger partial charge >= 0.3 is 5.97 Å². The number of aromatic nitrogens is 2. The van der Waals surface area contributed by atoms with E-state index in [0.717, 1.165) is 22.3 Å². The molecule has 0 aliphatic carbocycles. The topological polar surface area (TPSA) is 56.5 Å². The van der Waals surface area contributed by atoms with Gasteiger partial charge in [0.1, 0.15) is 0 Å². The predicted molar refractivity (Wildman–Crippen MR) is 99.6 cm³/mol. The number of carbonyl (C=O) groups excluding carboxylic acids is 1. The Labute approximate surface area is 151 Å². The number of esters is 1. The number of cyclic esters (lactones) is 1. The molecule has 0 unspecified atom stereocenters. The van der Waals surface area contributed by atoms with Crippen molar-refractivity contribution in [3.8, 4) is 0 Å². The highest BCUT2D eigenvalue weighted by molar-refractivity contribution is 6.12. The molecule has 26 heavy (non-hydrogen) atoms. The predicted octanol–water partition coefficient (Wildman–Crippen LogP) is 3.58. The fourth-order valence-corrected chi connectivity index (χ4v) is 2.70. The summed E-state index contributed by atoms with van der Waals surface area (Å²) in [4.78, 5) is 16.4. The second-order valence-corrected chi connectivity index (χ2v) is 6.16. The Morgan fingerprint density at radius 2 is 1.85 bits per heavy atom. The summed E-state index contributed by atoms with van der Waals surface area (Å²) in [6.45, 7) is 2.68. The molecular formula is C21H17N3O2. The number of hydrogen-bond donors (Lipinski definition) is 0. The molecule has 128 valence electrons. The van der Waals surface area contributed by atoms with Crippen LogP contribution in [-0.4, -0.2) is 21.6 Å². The van der Waals surface area contributed by atoms with Gasteiger partial charge in [-0.2, -0.15) is 5.10 Å². The highest BCUT2D eigenvalue weighted by Crippen LogP contribution is 2.19. The van der Waals surface area contributed by atoms with Gasteiger partial charge in [0.2, 0.25) is 5.90 Å². The minimum atomic E-state index is -0.448. The number of benzene rings is 2. The lowest BCUT2D eigenvalue weighted by Gasteiger charge is -2.00. The molecule has 4 rings (SSSR count). The molecule has 1 aromatic heterocycles. The van der Waals surface area contributed by atoms with E-state index in [0.29, 0.717) is 12.4 Å². The third kappa shape index (κ3) is 3.47. The van der Waals surface area contributed by atoms with E-state index < -0.39 is 5.97 Å². The van der Waals surface area contributed by atoms with Crippen molar-refractivity contribution < 1.29 is 9.53 Å². The highest BCUT2D eigenvalue weighted by atomic mass is 16.6. The lowest BCUT2D eigenvalue weighted by atomic mass is 10.1. The van der Waals surface area contributed by atoms with Gasteiger partial charge in [-0.15, -0.1) is 0 Å². The van der Waals surface area contributed by atoms with Gasteiger partial charge in [0.25, 0.3) is 0 Å². The van der Waals surface area contributed by atoms with E-state index in [1.807, 2.05) is 72.4 Å². The molecule has 2 heterocycles. The van der Waals surface area contributed by atoms with Crippen molar-refractivity contribution in [1.82, 2.24) is 9.78 Å². The number of aryl methyl sites for hydroxylation is 1. The third-order valence-corrected chi connectivity index (χ3v) is 4.06. The Hall–Kier alpha value is -3.47. The summed E-state index contributed by atoms with van der Waals surface area (Å²) in [6.07, 6.45) is 5.29. The molecule has 0 amide bonds. The summed E-state index contributed by atoms with van der Waals surface area (Å²) < 4.78 is 7.12. The van der Waals surface area contributed by atoms with Crippen molar-refractivity contribution in [2.24, 2.45) is 4.99 Å². The molecule has 0 saturated carbocycles. The van der Waals surface area contributed by atoms with Crippen LogP contribution in [0.3, 0.4) is 0 Å². The maximum absolute atomic E-state index is 12.1. The van der Waals surface area contributed by atoms with Gasteiger partial charge in [-0.25, -0.2) is 9.79 Å². The summed E-state index contributed by atoms with van der Waals surface area (Å²) >= 11 is 0. The van der Waals surface area contributed by atoms with Crippen molar-refractivity contribution >= 4 is 17.9 Å². The van der Waals surface area contributed by atoms with E-state index in [1.54, 1.807) is 12.3 Å². The average molecular weight is 343 g/mol. The summed E-state index contributed by atoms with van der Waals surface area (Å²) in [6, 6.07) is 17.8. The Kier molecular flexibility index (Phi) is 4.19. The molecule has 0 bridgehead atoms. The summed E-state index contributed by atoms with van der Waals surface area (Å²) in [5.41, 5.74) is 4.17. The second-order valence-electron chi connectivity index (χ2n) is 6.16. The van der Waals surface area contributed by atoms with Crippen molar-refractivity contribution in [1.29, 1.82) is 0 Å². The fourth-order valence-electron chi connectivity index (χ4n) is 2.70. The summed E-state index contributed by atoms with van der Waals surface area (Å²) in [5, 5.41) is 4.34.